The van der Waals surface area contributed by atoms with Crippen LogP contribution < -0.4 is 0 Å². The van der Waals surface area contributed by atoms with Crippen LogP contribution in [0.3, 0.4) is 0 Å². The molecular weight excluding hydrogens is 210 g/mol. The molecule has 1 aliphatic heterocycles. The average molecular weight is 231 g/mol. The minimum Gasteiger partial charge on any atom is -0.481 e. The van der Waals surface area contributed by atoms with Crippen LogP contribution in [0, 0.1) is 5.92 Å². The van der Waals surface area contributed by atoms with Gasteiger partial charge < -0.3 is 14.9 Å². The summed E-state index contributed by atoms with van der Waals surface area (Å²) in [4.78, 5) is 13.0. The predicted molar refractivity (Wildman–Crippen MR) is 59.3 cm³/mol. The molecule has 2 N–H and O–H groups in total. The number of aliphatic hydroxyl groups is 1. The van der Waals surface area contributed by atoms with E-state index in [1.807, 2.05) is 13.8 Å². The van der Waals surface area contributed by atoms with E-state index in [-0.39, 0.29) is 24.8 Å². The summed E-state index contributed by atoms with van der Waals surface area (Å²) in [5.41, 5.74) is 0. The lowest BCUT2D eigenvalue weighted by Gasteiger charge is -2.42. The van der Waals surface area contributed by atoms with Crippen molar-refractivity contribution in [1.82, 2.24) is 4.90 Å². The van der Waals surface area contributed by atoms with Crippen LogP contribution in [0.5, 0.6) is 0 Å². The monoisotopic (exact) mass is 231 g/mol. The first kappa shape index (κ1) is 13.4. The summed E-state index contributed by atoms with van der Waals surface area (Å²) in [6.07, 6.45) is -0.195. The zero-order valence-electron chi connectivity index (χ0n) is 10.1. The zero-order valence-corrected chi connectivity index (χ0v) is 10.1. The summed E-state index contributed by atoms with van der Waals surface area (Å²) in [6.45, 7) is 6.76. The fraction of sp³-hybridized carbons (Fsp3) is 0.909. The Labute approximate surface area is 96.0 Å². The number of carbonyl (C=O) groups is 1. The van der Waals surface area contributed by atoms with E-state index in [2.05, 4.69) is 4.90 Å². The van der Waals surface area contributed by atoms with Crippen molar-refractivity contribution >= 4 is 5.97 Å². The van der Waals surface area contributed by atoms with E-state index in [9.17, 15) is 4.79 Å². The number of ether oxygens (including phenoxy) is 1. The zero-order chi connectivity index (χ0) is 12.3. The van der Waals surface area contributed by atoms with Gasteiger partial charge in [-0.1, -0.05) is 6.92 Å². The number of hydrogen-bond donors (Lipinski definition) is 2. The topological polar surface area (TPSA) is 70.0 Å². The molecule has 94 valence electrons. The van der Waals surface area contributed by atoms with Crippen LogP contribution in [0.15, 0.2) is 0 Å². The first-order valence-electron chi connectivity index (χ1n) is 5.68. The molecule has 0 aromatic heterocycles. The molecule has 1 heterocycles. The van der Waals surface area contributed by atoms with Crippen molar-refractivity contribution in [3.8, 4) is 0 Å². The molecular formula is C11H21NO4. The number of carboxylic acids is 1. The molecule has 0 aliphatic carbocycles. The fourth-order valence-corrected chi connectivity index (χ4v) is 2.01. The number of carboxylic acid groups (broad SMARTS) is 1. The van der Waals surface area contributed by atoms with Crippen LogP contribution in [0.1, 0.15) is 20.8 Å². The largest absolute Gasteiger partial charge is 0.481 e. The van der Waals surface area contributed by atoms with E-state index < -0.39 is 11.9 Å². The lowest BCUT2D eigenvalue weighted by Crippen LogP contribution is -2.55. The third-order valence-corrected chi connectivity index (χ3v) is 3.39. The van der Waals surface area contributed by atoms with Gasteiger partial charge in [-0.3, -0.25) is 9.69 Å². The molecule has 1 saturated heterocycles. The van der Waals surface area contributed by atoms with Gasteiger partial charge in [0.1, 0.15) is 0 Å². The van der Waals surface area contributed by atoms with Crippen LogP contribution in [0.4, 0.5) is 0 Å². The standard InChI is InChI=1S/C11H21NO4/c1-7-6-16-10(5-13)4-12(7)9(3)8(2)11(14)15/h7-10,13H,4-6H2,1-3H3,(H,14,15). The van der Waals surface area contributed by atoms with Gasteiger partial charge >= 0.3 is 5.97 Å². The average Bonchev–Trinajstić information content (AvgIpc) is 2.27. The number of morpholine rings is 1. The van der Waals surface area contributed by atoms with Crippen LogP contribution in [-0.2, 0) is 9.53 Å². The van der Waals surface area contributed by atoms with Gasteiger partial charge in [0, 0.05) is 18.6 Å². The van der Waals surface area contributed by atoms with Crippen molar-refractivity contribution in [1.29, 1.82) is 0 Å². The molecule has 5 heteroatoms. The normalized spacial score (nSPS) is 31.0. The quantitative estimate of drug-likeness (QED) is 0.722. The van der Waals surface area contributed by atoms with E-state index in [1.54, 1.807) is 6.92 Å². The maximum Gasteiger partial charge on any atom is 0.307 e. The summed E-state index contributed by atoms with van der Waals surface area (Å²) in [5, 5.41) is 18.0. The van der Waals surface area contributed by atoms with Crippen LogP contribution in [-0.4, -0.2) is 59.0 Å². The van der Waals surface area contributed by atoms with Crippen molar-refractivity contribution in [2.75, 3.05) is 19.8 Å². The highest BCUT2D eigenvalue weighted by Gasteiger charge is 2.33. The fourth-order valence-electron chi connectivity index (χ4n) is 2.01. The molecule has 0 aromatic rings. The number of aliphatic carboxylic acids is 1. The van der Waals surface area contributed by atoms with E-state index in [4.69, 9.17) is 14.9 Å². The van der Waals surface area contributed by atoms with Gasteiger partial charge in [-0.15, -0.1) is 0 Å². The van der Waals surface area contributed by atoms with Gasteiger partial charge in [0.2, 0.25) is 0 Å². The van der Waals surface area contributed by atoms with Crippen LogP contribution in [0.25, 0.3) is 0 Å². The Hall–Kier alpha value is -0.650. The van der Waals surface area contributed by atoms with E-state index >= 15 is 0 Å². The Morgan fingerprint density at radius 2 is 2.19 bits per heavy atom. The predicted octanol–water partition coefficient (Wildman–Crippen LogP) is 0.177. The summed E-state index contributed by atoms with van der Waals surface area (Å²) in [7, 11) is 0. The molecule has 0 spiro atoms. The third-order valence-electron chi connectivity index (χ3n) is 3.39. The molecule has 0 amide bonds. The summed E-state index contributed by atoms with van der Waals surface area (Å²) < 4.78 is 5.42. The van der Waals surface area contributed by atoms with E-state index in [0.29, 0.717) is 13.2 Å². The summed E-state index contributed by atoms with van der Waals surface area (Å²) in [6, 6.07) is 0.144. The van der Waals surface area contributed by atoms with Gasteiger partial charge in [0.05, 0.1) is 25.2 Å². The summed E-state index contributed by atoms with van der Waals surface area (Å²) >= 11 is 0. The second kappa shape index (κ2) is 5.61. The molecule has 0 saturated carbocycles. The first-order valence-corrected chi connectivity index (χ1v) is 5.68. The van der Waals surface area contributed by atoms with Crippen molar-refractivity contribution in [2.24, 2.45) is 5.92 Å². The van der Waals surface area contributed by atoms with Crippen molar-refractivity contribution in [3.63, 3.8) is 0 Å². The first-order chi connectivity index (χ1) is 7.47. The molecule has 5 nitrogen and oxygen atoms in total. The number of rotatable bonds is 4. The van der Waals surface area contributed by atoms with Crippen molar-refractivity contribution in [2.45, 2.75) is 39.0 Å². The maximum absolute atomic E-state index is 10.9. The third kappa shape index (κ3) is 2.93. The Balaban J connectivity index is 2.65. The molecule has 16 heavy (non-hydrogen) atoms. The maximum atomic E-state index is 10.9. The molecule has 1 aliphatic rings. The molecule has 1 rings (SSSR count). The number of hydrogen-bond acceptors (Lipinski definition) is 4. The lowest BCUT2D eigenvalue weighted by atomic mass is 9.99. The SMILES string of the molecule is CC(C(=O)O)C(C)N1CC(CO)OCC1C. The van der Waals surface area contributed by atoms with Crippen molar-refractivity contribution < 1.29 is 19.7 Å². The minimum atomic E-state index is -0.785. The van der Waals surface area contributed by atoms with Gasteiger partial charge in [-0.05, 0) is 13.8 Å². The second-order valence-corrected chi connectivity index (χ2v) is 4.55. The molecule has 4 unspecified atom stereocenters. The minimum absolute atomic E-state index is 0.0165. The Morgan fingerprint density at radius 1 is 1.56 bits per heavy atom. The Morgan fingerprint density at radius 3 is 2.69 bits per heavy atom. The molecule has 1 fully saturated rings. The van der Waals surface area contributed by atoms with E-state index in [0.717, 1.165) is 0 Å². The smallest absolute Gasteiger partial charge is 0.307 e. The number of nitrogens with zero attached hydrogens (tertiary/aromatic N) is 1. The number of aliphatic hydroxyl groups excluding tert-OH is 1. The van der Waals surface area contributed by atoms with Gasteiger partial charge in [0.15, 0.2) is 0 Å². The Kier molecular flexibility index (Phi) is 4.70. The van der Waals surface area contributed by atoms with Gasteiger partial charge in [-0.25, -0.2) is 0 Å². The van der Waals surface area contributed by atoms with Crippen LogP contribution >= 0.6 is 0 Å². The summed E-state index contributed by atoms with van der Waals surface area (Å²) in [5.74, 6) is -1.20. The molecule has 4 atom stereocenters. The highest BCUT2D eigenvalue weighted by Crippen LogP contribution is 2.19. The van der Waals surface area contributed by atoms with Gasteiger partial charge in [0.25, 0.3) is 0 Å². The molecule has 0 radical (unpaired) electrons. The highest BCUT2D eigenvalue weighted by atomic mass is 16.5. The van der Waals surface area contributed by atoms with Crippen molar-refractivity contribution in [3.05, 3.63) is 0 Å². The molecule has 0 aromatic carbocycles. The Bertz CT molecular complexity index is 246. The lowest BCUT2D eigenvalue weighted by molar-refractivity contribution is -0.146. The van der Waals surface area contributed by atoms with Gasteiger partial charge in [-0.2, -0.15) is 0 Å². The van der Waals surface area contributed by atoms with Crippen LogP contribution in [0.2, 0.25) is 0 Å². The molecule has 0 bridgehead atoms. The highest BCUT2D eigenvalue weighted by molar-refractivity contribution is 5.70. The second-order valence-electron chi connectivity index (χ2n) is 4.55. The van der Waals surface area contributed by atoms with E-state index in [1.165, 1.54) is 0 Å².